The van der Waals surface area contributed by atoms with Gasteiger partial charge in [-0.05, 0) is 31.5 Å². The Hall–Kier alpha value is -1.96. The Kier molecular flexibility index (Phi) is 9.12. The number of halogens is 1. The van der Waals surface area contributed by atoms with Gasteiger partial charge >= 0.3 is 0 Å². The number of nitrogens with one attached hydrogen (secondary N) is 2. The molecule has 0 heterocycles. The normalized spacial score (nSPS) is 10.6. The van der Waals surface area contributed by atoms with Gasteiger partial charge in [0.2, 0.25) is 0 Å². The molecule has 0 fully saturated rings. The number of rotatable bonds is 6. The summed E-state index contributed by atoms with van der Waals surface area (Å²) in [6.45, 7) is 5.31. The number of anilines is 1. The van der Waals surface area contributed by atoms with Gasteiger partial charge in [-0.1, -0.05) is 29.8 Å². The van der Waals surface area contributed by atoms with Crippen LogP contribution in [0.2, 0.25) is 0 Å². The third-order valence-corrected chi connectivity index (χ3v) is 3.53. The Labute approximate surface area is 166 Å². The second kappa shape index (κ2) is 10.8. The minimum Gasteiger partial charge on any atom is -0.493 e. The molecule has 6 heteroatoms. The number of guanidine groups is 1. The standard InChI is InChI=1S/C19H25N3O2.HI/c1-5-24-18-12-16(10-11-17(18)23-4)22-19(20-3)21-13-15-8-6-14(2)7-9-15;/h6-12H,5,13H2,1-4H3,(H2,20,21,22);1H. The molecule has 2 aromatic carbocycles. The van der Waals surface area contributed by atoms with Gasteiger partial charge in [0.05, 0.1) is 13.7 Å². The molecule has 0 radical (unpaired) electrons. The molecule has 0 spiro atoms. The first kappa shape index (κ1) is 21.1. The number of hydrogen-bond acceptors (Lipinski definition) is 3. The lowest BCUT2D eigenvalue weighted by atomic mass is 10.1. The van der Waals surface area contributed by atoms with Crippen LogP contribution in [-0.4, -0.2) is 26.7 Å². The highest BCUT2D eigenvalue weighted by atomic mass is 127. The summed E-state index contributed by atoms with van der Waals surface area (Å²) in [5.41, 5.74) is 3.34. The lowest BCUT2D eigenvalue weighted by Gasteiger charge is -2.14. The number of methoxy groups -OCH3 is 1. The molecule has 0 saturated carbocycles. The van der Waals surface area contributed by atoms with Gasteiger partial charge in [-0.2, -0.15) is 0 Å². The largest absolute Gasteiger partial charge is 0.493 e. The Morgan fingerprint density at radius 2 is 1.80 bits per heavy atom. The summed E-state index contributed by atoms with van der Waals surface area (Å²) in [6.07, 6.45) is 0. The maximum atomic E-state index is 5.60. The lowest BCUT2D eigenvalue weighted by Crippen LogP contribution is -2.30. The fourth-order valence-corrected chi connectivity index (χ4v) is 2.23. The molecule has 0 bridgehead atoms. The first-order valence-electron chi connectivity index (χ1n) is 8.00. The van der Waals surface area contributed by atoms with Gasteiger partial charge in [0.1, 0.15) is 0 Å². The van der Waals surface area contributed by atoms with E-state index in [-0.39, 0.29) is 24.0 Å². The first-order valence-corrected chi connectivity index (χ1v) is 8.00. The summed E-state index contributed by atoms with van der Waals surface area (Å²) >= 11 is 0. The molecule has 0 aromatic heterocycles. The van der Waals surface area contributed by atoms with Crippen molar-refractivity contribution in [1.82, 2.24) is 5.32 Å². The number of aryl methyl sites for hydroxylation is 1. The summed E-state index contributed by atoms with van der Waals surface area (Å²) in [4.78, 5) is 4.26. The summed E-state index contributed by atoms with van der Waals surface area (Å²) in [5, 5.41) is 6.56. The van der Waals surface area contributed by atoms with Crippen molar-refractivity contribution < 1.29 is 9.47 Å². The van der Waals surface area contributed by atoms with E-state index in [1.165, 1.54) is 11.1 Å². The fourth-order valence-electron chi connectivity index (χ4n) is 2.23. The molecule has 0 unspecified atom stereocenters. The van der Waals surface area contributed by atoms with Crippen molar-refractivity contribution in [2.45, 2.75) is 20.4 Å². The highest BCUT2D eigenvalue weighted by molar-refractivity contribution is 14.0. The molecule has 0 atom stereocenters. The second-order valence-electron chi connectivity index (χ2n) is 5.34. The van der Waals surface area contributed by atoms with E-state index < -0.39 is 0 Å². The minimum atomic E-state index is 0. The molecule has 0 amide bonds. The summed E-state index contributed by atoms with van der Waals surface area (Å²) < 4.78 is 10.9. The van der Waals surface area contributed by atoms with Crippen LogP contribution in [0.4, 0.5) is 5.69 Å². The summed E-state index contributed by atoms with van der Waals surface area (Å²) in [5.74, 6) is 2.12. The van der Waals surface area contributed by atoms with Crippen molar-refractivity contribution in [2.75, 3.05) is 26.1 Å². The van der Waals surface area contributed by atoms with Crippen molar-refractivity contribution in [2.24, 2.45) is 4.99 Å². The van der Waals surface area contributed by atoms with Crippen LogP contribution in [0.25, 0.3) is 0 Å². The van der Waals surface area contributed by atoms with Crippen molar-refractivity contribution in [3.05, 3.63) is 53.6 Å². The van der Waals surface area contributed by atoms with Crippen LogP contribution in [0.5, 0.6) is 11.5 Å². The molecular formula is C19H26IN3O2. The van der Waals surface area contributed by atoms with Gasteiger partial charge in [0.25, 0.3) is 0 Å². The molecule has 2 aromatic rings. The second-order valence-corrected chi connectivity index (χ2v) is 5.34. The molecule has 25 heavy (non-hydrogen) atoms. The topological polar surface area (TPSA) is 54.9 Å². The van der Waals surface area contributed by atoms with Gasteiger partial charge in [-0.15, -0.1) is 24.0 Å². The monoisotopic (exact) mass is 455 g/mol. The fraction of sp³-hybridized carbons (Fsp3) is 0.316. The third-order valence-electron chi connectivity index (χ3n) is 3.53. The van der Waals surface area contributed by atoms with Crippen molar-refractivity contribution in [1.29, 1.82) is 0 Å². The van der Waals surface area contributed by atoms with E-state index in [0.717, 1.165) is 5.69 Å². The van der Waals surface area contributed by atoms with E-state index in [1.54, 1.807) is 14.2 Å². The smallest absolute Gasteiger partial charge is 0.195 e. The molecule has 136 valence electrons. The van der Waals surface area contributed by atoms with Crippen molar-refractivity contribution in [3.8, 4) is 11.5 Å². The third kappa shape index (κ3) is 6.45. The van der Waals surface area contributed by atoms with E-state index in [1.807, 2.05) is 25.1 Å². The van der Waals surface area contributed by atoms with Gasteiger partial charge in [-0.3, -0.25) is 4.99 Å². The van der Waals surface area contributed by atoms with Crippen LogP contribution in [0.3, 0.4) is 0 Å². The van der Waals surface area contributed by atoms with Gasteiger partial charge in [0, 0.05) is 25.3 Å². The van der Waals surface area contributed by atoms with Crippen LogP contribution < -0.4 is 20.1 Å². The quantitative estimate of drug-likeness (QED) is 0.390. The van der Waals surface area contributed by atoms with E-state index in [2.05, 4.69) is 46.8 Å². The molecule has 0 aliphatic carbocycles. The van der Waals surface area contributed by atoms with E-state index in [0.29, 0.717) is 30.6 Å². The van der Waals surface area contributed by atoms with Crippen molar-refractivity contribution in [3.63, 3.8) is 0 Å². The number of benzene rings is 2. The van der Waals surface area contributed by atoms with Gasteiger partial charge in [0.15, 0.2) is 17.5 Å². The molecule has 0 aliphatic heterocycles. The van der Waals surface area contributed by atoms with Crippen LogP contribution in [0.1, 0.15) is 18.1 Å². The maximum Gasteiger partial charge on any atom is 0.195 e. The molecule has 0 aliphatic rings. The Balaban J connectivity index is 0.00000312. The number of aliphatic imine (C=N–C) groups is 1. The Bertz CT molecular complexity index is 688. The van der Waals surface area contributed by atoms with Crippen LogP contribution in [0.15, 0.2) is 47.5 Å². The van der Waals surface area contributed by atoms with Gasteiger partial charge < -0.3 is 20.1 Å². The van der Waals surface area contributed by atoms with Crippen LogP contribution >= 0.6 is 24.0 Å². The van der Waals surface area contributed by atoms with E-state index in [9.17, 15) is 0 Å². The Morgan fingerprint density at radius 3 is 2.40 bits per heavy atom. The van der Waals surface area contributed by atoms with E-state index in [4.69, 9.17) is 9.47 Å². The lowest BCUT2D eigenvalue weighted by molar-refractivity contribution is 0.311. The zero-order chi connectivity index (χ0) is 17.4. The summed E-state index contributed by atoms with van der Waals surface area (Å²) in [7, 11) is 3.38. The highest BCUT2D eigenvalue weighted by Crippen LogP contribution is 2.30. The maximum absolute atomic E-state index is 5.60. The predicted molar refractivity (Wildman–Crippen MR) is 115 cm³/mol. The molecule has 2 N–H and O–H groups in total. The highest BCUT2D eigenvalue weighted by Gasteiger charge is 2.07. The van der Waals surface area contributed by atoms with Crippen LogP contribution in [-0.2, 0) is 6.54 Å². The molecule has 5 nitrogen and oxygen atoms in total. The van der Waals surface area contributed by atoms with Crippen LogP contribution in [0, 0.1) is 6.92 Å². The van der Waals surface area contributed by atoms with E-state index >= 15 is 0 Å². The zero-order valence-electron chi connectivity index (χ0n) is 15.1. The van der Waals surface area contributed by atoms with Gasteiger partial charge in [-0.25, -0.2) is 0 Å². The average molecular weight is 455 g/mol. The molecular weight excluding hydrogens is 429 g/mol. The average Bonchev–Trinajstić information content (AvgIpc) is 2.60. The number of hydrogen-bond donors (Lipinski definition) is 2. The van der Waals surface area contributed by atoms with Crippen molar-refractivity contribution >= 4 is 35.6 Å². The zero-order valence-corrected chi connectivity index (χ0v) is 17.5. The number of ether oxygens (including phenoxy) is 2. The first-order chi connectivity index (χ1) is 11.7. The minimum absolute atomic E-state index is 0. The number of nitrogens with zero attached hydrogens (tertiary/aromatic N) is 1. The summed E-state index contributed by atoms with van der Waals surface area (Å²) in [6, 6.07) is 14.1. The predicted octanol–water partition coefficient (Wildman–Crippen LogP) is 4.21. The molecule has 2 rings (SSSR count). The molecule has 0 saturated heterocycles. The SMILES string of the molecule is CCOc1cc(NC(=NC)NCc2ccc(C)cc2)ccc1OC.I. The Morgan fingerprint density at radius 1 is 1.08 bits per heavy atom.